The van der Waals surface area contributed by atoms with E-state index in [1.54, 1.807) is 0 Å². The molecule has 1 saturated carbocycles. The van der Waals surface area contributed by atoms with Crippen molar-refractivity contribution in [1.29, 1.82) is 0 Å². The van der Waals surface area contributed by atoms with Crippen LogP contribution < -0.4 is 11.9 Å². The third-order valence-electron chi connectivity index (χ3n) is 3.46. The Morgan fingerprint density at radius 1 is 1.00 bits per heavy atom. The zero-order valence-electron chi connectivity index (χ0n) is 9.19. The first-order valence-electron chi connectivity index (χ1n) is 5.21. The number of halogens is 2. The Morgan fingerprint density at radius 2 is 1.60 bits per heavy atom. The monoisotopic (exact) mass is 258 g/mol. The van der Waals surface area contributed by atoms with Gasteiger partial charge in [0.2, 0.25) is 0 Å². The minimum Gasteiger partial charge on any atom is -0.380 e. The molecular formula is C10H24Cl2N2O. The van der Waals surface area contributed by atoms with Gasteiger partial charge in [-0.2, -0.15) is 0 Å². The normalized spacial score (nSPS) is 31.0. The maximum Gasteiger partial charge on any atom is 0.0620 e. The lowest BCUT2D eigenvalue weighted by molar-refractivity contribution is 0.0298. The number of hydrogen-bond donors (Lipinski definition) is 2. The van der Waals surface area contributed by atoms with E-state index >= 15 is 0 Å². The van der Waals surface area contributed by atoms with E-state index in [2.05, 4.69) is 0 Å². The molecule has 0 radical (unpaired) electrons. The summed E-state index contributed by atoms with van der Waals surface area (Å²) in [5.41, 5.74) is 6.03. The Labute approximate surface area is 105 Å². The van der Waals surface area contributed by atoms with E-state index in [-0.39, 0.29) is 31.0 Å². The highest BCUT2D eigenvalue weighted by Crippen LogP contribution is 2.35. The molecule has 0 aromatic carbocycles. The summed E-state index contributed by atoms with van der Waals surface area (Å²) in [6, 6.07) is 0.321. The van der Waals surface area contributed by atoms with Gasteiger partial charge in [0, 0.05) is 12.6 Å². The van der Waals surface area contributed by atoms with Crippen LogP contribution in [0.3, 0.4) is 0 Å². The van der Waals surface area contributed by atoms with E-state index in [4.69, 9.17) is 10.5 Å². The first kappa shape index (κ1) is 17.8. The molecule has 0 aromatic heterocycles. The zero-order chi connectivity index (χ0) is 8.39. The van der Waals surface area contributed by atoms with Gasteiger partial charge in [0.15, 0.2) is 0 Å². The average Bonchev–Trinajstić information content (AvgIpc) is 2.57. The Morgan fingerprint density at radius 3 is 2.13 bits per heavy atom. The Kier molecular flexibility index (Phi) is 10.2. The van der Waals surface area contributed by atoms with Gasteiger partial charge in [-0.15, -0.1) is 24.8 Å². The Balaban J connectivity index is 0. The summed E-state index contributed by atoms with van der Waals surface area (Å²) in [6.45, 7) is 1.73. The van der Waals surface area contributed by atoms with E-state index in [9.17, 15) is 0 Å². The van der Waals surface area contributed by atoms with Gasteiger partial charge in [-0.25, -0.2) is 0 Å². The van der Waals surface area contributed by atoms with Crippen LogP contribution in [0.2, 0.25) is 0 Å². The lowest BCUT2D eigenvalue weighted by Gasteiger charge is -2.33. The van der Waals surface area contributed by atoms with Crippen LogP contribution >= 0.6 is 24.8 Å². The molecule has 1 heterocycles. The predicted octanol–water partition coefficient (Wildman–Crippen LogP) is 2.55. The molecular weight excluding hydrogens is 235 g/mol. The molecule has 0 aromatic rings. The molecule has 1 aliphatic carbocycles. The standard InChI is InChI=1S/C10H19NO.2ClH.H3N/c11-10-7-12-6-5-9(10)8-3-1-2-4-8;;;/h8-10H,1-7,11H2;2*1H;1H3. The zero-order valence-corrected chi connectivity index (χ0v) is 10.8. The number of nitrogens with two attached hydrogens (primary N) is 1. The van der Waals surface area contributed by atoms with Gasteiger partial charge in [0.05, 0.1) is 6.61 Å². The van der Waals surface area contributed by atoms with Crippen molar-refractivity contribution in [3.63, 3.8) is 0 Å². The molecule has 2 atom stereocenters. The van der Waals surface area contributed by atoms with Gasteiger partial charge in [-0.1, -0.05) is 25.7 Å². The molecule has 5 heteroatoms. The SMILES string of the molecule is Cl.Cl.N.NC1COCCC1C1CCCC1. The van der Waals surface area contributed by atoms with Crippen LogP contribution in [0, 0.1) is 11.8 Å². The molecule has 2 unspecified atom stereocenters. The Hall–Kier alpha value is 0.460. The maximum absolute atomic E-state index is 6.03. The maximum atomic E-state index is 6.03. The van der Waals surface area contributed by atoms with Crippen molar-refractivity contribution in [2.24, 2.45) is 17.6 Å². The summed E-state index contributed by atoms with van der Waals surface area (Å²) in [5, 5.41) is 0. The molecule has 2 rings (SSSR count). The van der Waals surface area contributed by atoms with Gasteiger partial charge >= 0.3 is 0 Å². The van der Waals surface area contributed by atoms with E-state index in [0.29, 0.717) is 6.04 Å². The fourth-order valence-corrected chi connectivity index (χ4v) is 2.75. The van der Waals surface area contributed by atoms with Crippen molar-refractivity contribution < 1.29 is 4.74 Å². The van der Waals surface area contributed by atoms with Crippen molar-refractivity contribution in [2.45, 2.75) is 38.1 Å². The Bertz CT molecular complexity index is 154. The second-order valence-corrected chi connectivity index (χ2v) is 4.24. The number of hydrogen-bond acceptors (Lipinski definition) is 3. The smallest absolute Gasteiger partial charge is 0.0620 e. The minimum absolute atomic E-state index is 0. The molecule has 2 fully saturated rings. The predicted molar refractivity (Wildman–Crippen MR) is 68.4 cm³/mol. The molecule has 1 aliphatic heterocycles. The summed E-state index contributed by atoms with van der Waals surface area (Å²) in [5.74, 6) is 1.69. The fourth-order valence-electron chi connectivity index (χ4n) is 2.75. The van der Waals surface area contributed by atoms with Gasteiger partial charge in [-0.05, 0) is 18.3 Å². The van der Waals surface area contributed by atoms with E-state index < -0.39 is 0 Å². The highest BCUT2D eigenvalue weighted by molar-refractivity contribution is 5.85. The third-order valence-corrected chi connectivity index (χ3v) is 3.46. The summed E-state index contributed by atoms with van der Waals surface area (Å²) in [4.78, 5) is 0. The molecule has 0 spiro atoms. The van der Waals surface area contributed by atoms with Crippen molar-refractivity contribution in [2.75, 3.05) is 13.2 Å². The fraction of sp³-hybridized carbons (Fsp3) is 1.00. The number of rotatable bonds is 1. The van der Waals surface area contributed by atoms with Crippen LogP contribution in [-0.4, -0.2) is 19.3 Å². The molecule has 3 nitrogen and oxygen atoms in total. The summed E-state index contributed by atoms with van der Waals surface area (Å²) in [6.07, 6.45) is 6.88. The van der Waals surface area contributed by atoms with Crippen LogP contribution in [0.1, 0.15) is 32.1 Å². The molecule has 0 amide bonds. The van der Waals surface area contributed by atoms with Gasteiger partial charge in [0.1, 0.15) is 0 Å². The topological polar surface area (TPSA) is 70.2 Å². The van der Waals surface area contributed by atoms with Crippen molar-refractivity contribution in [3.8, 4) is 0 Å². The highest BCUT2D eigenvalue weighted by atomic mass is 35.5. The summed E-state index contributed by atoms with van der Waals surface area (Å²) < 4.78 is 5.35. The molecule has 2 aliphatic rings. The van der Waals surface area contributed by atoms with Crippen LogP contribution in [0.4, 0.5) is 0 Å². The largest absolute Gasteiger partial charge is 0.380 e. The van der Waals surface area contributed by atoms with Crippen molar-refractivity contribution in [3.05, 3.63) is 0 Å². The minimum atomic E-state index is 0. The molecule has 94 valence electrons. The van der Waals surface area contributed by atoms with Crippen LogP contribution in [0.25, 0.3) is 0 Å². The lowest BCUT2D eigenvalue weighted by Crippen LogP contribution is -2.42. The first-order chi connectivity index (χ1) is 5.88. The van der Waals surface area contributed by atoms with Crippen LogP contribution in [0.5, 0.6) is 0 Å². The van der Waals surface area contributed by atoms with Crippen LogP contribution in [0.15, 0.2) is 0 Å². The van der Waals surface area contributed by atoms with Crippen molar-refractivity contribution in [1.82, 2.24) is 6.15 Å². The van der Waals surface area contributed by atoms with E-state index in [0.717, 1.165) is 25.0 Å². The third kappa shape index (κ3) is 4.45. The van der Waals surface area contributed by atoms with Crippen LogP contribution in [-0.2, 0) is 4.74 Å². The van der Waals surface area contributed by atoms with Gasteiger partial charge in [0.25, 0.3) is 0 Å². The van der Waals surface area contributed by atoms with Gasteiger partial charge < -0.3 is 16.6 Å². The quantitative estimate of drug-likeness (QED) is 0.760. The molecule has 5 N–H and O–H groups in total. The van der Waals surface area contributed by atoms with Crippen molar-refractivity contribution >= 4 is 24.8 Å². The average molecular weight is 259 g/mol. The molecule has 0 bridgehead atoms. The first-order valence-corrected chi connectivity index (χ1v) is 5.21. The lowest BCUT2D eigenvalue weighted by atomic mass is 9.82. The summed E-state index contributed by atoms with van der Waals surface area (Å²) in [7, 11) is 0. The second kappa shape index (κ2) is 8.59. The molecule has 1 saturated heterocycles. The summed E-state index contributed by atoms with van der Waals surface area (Å²) >= 11 is 0. The number of ether oxygens (including phenoxy) is 1. The van der Waals surface area contributed by atoms with E-state index in [1.807, 2.05) is 0 Å². The highest BCUT2D eigenvalue weighted by Gasteiger charge is 2.31. The molecule has 15 heavy (non-hydrogen) atoms. The van der Waals surface area contributed by atoms with Gasteiger partial charge in [-0.3, -0.25) is 0 Å². The van der Waals surface area contributed by atoms with E-state index in [1.165, 1.54) is 32.1 Å². The second-order valence-electron chi connectivity index (χ2n) is 4.24.